The summed E-state index contributed by atoms with van der Waals surface area (Å²) in [5, 5.41) is 11.2. The lowest BCUT2D eigenvalue weighted by Crippen LogP contribution is -1.98. The Morgan fingerprint density at radius 3 is 2.67 bits per heavy atom. The highest BCUT2D eigenvalue weighted by molar-refractivity contribution is 6.32. The van der Waals surface area contributed by atoms with Gasteiger partial charge in [-0.1, -0.05) is 11.6 Å². The van der Waals surface area contributed by atoms with Crippen LogP contribution < -0.4 is 4.74 Å². The summed E-state index contributed by atoms with van der Waals surface area (Å²) in [4.78, 5) is 25.6. The van der Waals surface area contributed by atoms with Crippen LogP contribution in [0.15, 0.2) is 30.5 Å². The number of benzene rings is 1. The number of aromatic nitrogens is 1. The summed E-state index contributed by atoms with van der Waals surface area (Å²) in [6.07, 6.45) is 1.46. The first-order valence-electron chi connectivity index (χ1n) is 5.98. The molecule has 0 unspecified atom stereocenters. The van der Waals surface area contributed by atoms with Gasteiger partial charge in [-0.2, -0.15) is 0 Å². The molecule has 1 heterocycles. The van der Waals surface area contributed by atoms with E-state index in [-0.39, 0.29) is 28.1 Å². The van der Waals surface area contributed by atoms with Gasteiger partial charge in [0.05, 0.1) is 9.95 Å². The molecule has 0 bridgehead atoms. The molecular formula is C14H11ClN2O4. The number of ketones is 1. The molecule has 0 N–H and O–H groups in total. The van der Waals surface area contributed by atoms with Crippen LogP contribution in [0.3, 0.4) is 0 Å². The Bertz CT molecular complexity index is 731. The van der Waals surface area contributed by atoms with Crippen LogP contribution in [-0.4, -0.2) is 15.7 Å². The molecule has 0 aliphatic rings. The third-order valence-electron chi connectivity index (χ3n) is 2.71. The summed E-state index contributed by atoms with van der Waals surface area (Å²) in [5.74, 6) is -0.0907. The maximum atomic E-state index is 11.2. The molecule has 6 nitrogen and oxygen atoms in total. The van der Waals surface area contributed by atoms with Crippen LogP contribution in [0.4, 0.5) is 5.69 Å². The number of Topliss-reactive ketones (excluding diaryl/α,β-unsaturated/α-hetero) is 1. The lowest BCUT2D eigenvalue weighted by atomic mass is 10.1. The predicted molar refractivity (Wildman–Crippen MR) is 77.2 cm³/mol. The number of halogens is 1. The number of ether oxygens (including phenoxy) is 1. The topological polar surface area (TPSA) is 82.3 Å². The zero-order valence-corrected chi connectivity index (χ0v) is 12.0. The molecule has 0 radical (unpaired) electrons. The smallest absolute Gasteiger partial charge is 0.331 e. The van der Waals surface area contributed by atoms with E-state index in [9.17, 15) is 14.9 Å². The lowest BCUT2D eigenvalue weighted by Gasteiger charge is -2.08. The molecule has 2 rings (SSSR count). The van der Waals surface area contributed by atoms with Crippen LogP contribution in [0.2, 0.25) is 5.02 Å². The molecule has 0 fully saturated rings. The number of rotatable bonds is 4. The molecular weight excluding hydrogens is 296 g/mol. The van der Waals surface area contributed by atoms with Crippen molar-refractivity contribution in [3.05, 3.63) is 56.7 Å². The van der Waals surface area contributed by atoms with Gasteiger partial charge in [-0.15, -0.1) is 0 Å². The fourth-order valence-corrected chi connectivity index (χ4v) is 1.88. The van der Waals surface area contributed by atoms with Crippen molar-refractivity contribution in [1.82, 2.24) is 4.98 Å². The van der Waals surface area contributed by atoms with Gasteiger partial charge in [0.25, 0.3) is 5.88 Å². The number of nitrogens with zero attached hydrogens (tertiary/aromatic N) is 2. The van der Waals surface area contributed by atoms with Gasteiger partial charge >= 0.3 is 5.69 Å². The molecule has 0 spiro atoms. The van der Waals surface area contributed by atoms with Crippen molar-refractivity contribution in [3.8, 4) is 11.6 Å². The van der Waals surface area contributed by atoms with Gasteiger partial charge in [-0.3, -0.25) is 14.9 Å². The van der Waals surface area contributed by atoms with Crippen LogP contribution in [0.5, 0.6) is 11.6 Å². The Morgan fingerprint density at radius 1 is 1.38 bits per heavy atom. The minimum Gasteiger partial charge on any atom is -0.432 e. The molecule has 1 aromatic heterocycles. The van der Waals surface area contributed by atoms with Gasteiger partial charge in [0.1, 0.15) is 5.75 Å². The highest BCUT2D eigenvalue weighted by atomic mass is 35.5. The Hall–Kier alpha value is -2.47. The molecule has 2 aromatic rings. The van der Waals surface area contributed by atoms with E-state index < -0.39 is 4.92 Å². The third kappa shape index (κ3) is 3.35. The molecule has 0 atom stereocenters. The van der Waals surface area contributed by atoms with Gasteiger partial charge in [0, 0.05) is 17.8 Å². The summed E-state index contributed by atoms with van der Waals surface area (Å²) >= 11 is 6.01. The first-order chi connectivity index (χ1) is 9.88. The van der Waals surface area contributed by atoms with E-state index in [4.69, 9.17) is 16.3 Å². The zero-order chi connectivity index (χ0) is 15.6. The van der Waals surface area contributed by atoms with E-state index in [1.807, 2.05) is 0 Å². The van der Waals surface area contributed by atoms with E-state index in [2.05, 4.69) is 4.98 Å². The first kappa shape index (κ1) is 14.9. The lowest BCUT2D eigenvalue weighted by molar-refractivity contribution is -0.386. The molecule has 108 valence electrons. The van der Waals surface area contributed by atoms with Crippen molar-refractivity contribution in [1.29, 1.82) is 0 Å². The van der Waals surface area contributed by atoms with Gasteiger partial charge in [-0.25, -0.2) is 4.98 Å². The summed E-state index contributed by atoms with van der Waals surface area (Å²) in [6, 6.07) is 5.81. The van der Waals surface area contributed by atoms with E-state index >= 15 is 0 Å². The fourth-order valence-electron chi connectivity index (χ4n) is 1.66. The van der Waals surface area contributed by atoms with Gasteiger partial charge in [-0.05, 0) is 37.6 Å². The Kier molecular flexibility index (Phi) is 4.18. The maximum absolute atomic E-state index is 11.2. The second kappa shape index (κ2) is 5.88. The van der Waals surface area contributed by atoms with Gasteiger partial charge in [0.2, 0.25) is 0 Å². The Labute approximate surface area is 125 Å². The fraction of sp³-hybridized carbons (Fsp3) is 0.143. The molecule has 7 heteroatoms. The average molecular weight is 307 g/mol. The summed E-state index contributed by atoms with van der Waals surface area (Å²) < 4.78 is 5.40. The van der Waals surface area contributed by atoms with Crippen molar-refractivity contribution >= 4 is 23.1 Å². The van der Waals surface area contributed by atoms with Crippen molar-refractivity contribution in [3.63, 3.8) is 0 Å². The largest absolute Gasteiger partial charge is 0.432 e. The van der Waals surface area contributed by atoms with Crippen LogP contribution in [0.25, 0.3) is 0 Å². The van der Waals surface area contributed by atoms with Crippen LogP contribution in [0.1, 0.15) is 22.8 Å². The third-order valence-corrected chi connectivity index (χ3v) is 3.01. The van der Waals surface area contributed by atoms with Crippen LogP contribution in [-0.2, 0) is 0 Å². The summed E-state index contributed by atoms with van der Waals surface area (Å²) in [6.45, 7) is 3.11. The molecule has 21 heavy (non-hydrogen) atoms. The number of nitro groups is 1. The van der Waals surface area contributed by atoms with Crippen LogP contribution >= 0.6 is 11.6 Å². The number of carbonyl (C=O) groups excluding carboxylic acids is 1. The minimum atomic E-state index is -0.576. The second-order valence-corrected chi connectivity index (χ2v) is 4.80. The number of aryl methyl sites for hydroxylation is 1. The van der Waals surface area contributed by atoms with E-state index in [0.717, 1.165) is 0 Å². The maximum Gasteiger partial charge on any atom is 0.331 e. The van der Waals surface area contributed by atoms with Gasteiger partial charge < -0.3 is 4.74 Å². The molecule has 0 saturated carbocycles. The van der Waals surface area contributed by atoms with Crippen molar-refractivity contribution in [2.24, 2.45) is 0 Å². The van der Waals surface area contributed by atoms with Crippen LogP contribution in [0, 0.1) is 17.0 Å². The van der Waals surface area contributed by atoms with Crippen molar-refractivity contribution < 1.29 is 14.5 Å². The number of hydrogen-bond donors (Lipinski definition) is 0. The molecule has 0 aliphatic heterocycles. The monoisotopic (exact) mass is 306 g/mol. The van der Waals surface area contributed by atoms with Crippen molar-refractivity contribution in [2.45, 2.75) is 13.8 Å². The quantitative estimate of drug-likeness (QED) is 0.485. The second-order valence-electron chi connectivity index (χ2n) is 4.40. The Balaban J connectivity index is 2.39. The normalized spacial score (nSPS) is 10.2. The standard InChI is InChI=1S/C14H11ClN2O4/c1-8-5-12(17(19)20)14(16-7-8)21-13-4-3-10(9(2)18)6-11(13)15/h3-7H,1-2H3. The summed E-state index contributed by atoms with van der Waals surface area (Å²) in [5.41, 5.74) is 0.826. The first-order valence-corrected chi connectivity index (χ1v) is 6.35. The number of hydrogen-bond acceptors (Lipinski definition) is 5. The highest BCUT2D eigenvalue weighted by Crippen LogP contribution is 2.34. The molecule has 1 aromatic carbocycles. The number of carbonyl (C=O) groups is 1. The number of pyridine rings is 1. The molecule has 0 saturated heterocycles. The minimum absolute atomic E-state index is 0.136. The summed E-state index contributed by atoms with van der Waals surface area (Å²) in [7, 11) is 0. The SMILES string of the molecule is CC(=O)c1ccc(Oc2ncc(C)cc2[N+](=O)[O-])c(Cl)c1. The zero-order valence-electron chi connectivity index (χ0n) is 11.3. The van der Waals surface area contributed by atoms with E-state index in [0.29, 0.717) is 11.1 Å². The molecule has 0 aliphatic carbocycles. The Morgan fingerprint density at radius 2 is 2.10 bits per heavy atom. The predicted octanol–water partition coefficient (Wildman–Crippen LogP) is 3.95. The average Bonchev–Trinajstić information content (AvgIpc) is 2.42. The van der Waals surface area contributed by atoms with E-state index in [1.54, 1.807) is 6.92 Å². The van der Waals surface area contributed by atoms with Crippen molar-refractivity contribution in [2.75, 3.05) is 0 Å². The highest BCUT2D eigenvalue weighted by Gasteiger charge is 2.19. The van der Waals surface area contributed by atoms with Gasteiger partial charge in [0.15, 0.2) is 5.78 Å². The van der Waals surface area contributed by atoms with E-state index in [1.165, 1.54) is 37.4 Å². The molecule has 0 amide bonds.